The smallest absolute Gasteiger partial charge is 0.259 e. The number of H-pyrrole nitrogens is 1. The molecule has 0 radical (unpaired) electrons. The standard InChI is InChI=1S/C11H9Cl2N3O/c1-6-10(5-14-16-6)11(17)15-9-3-7(12)2-8(13)4-9/h2-5H,1H3,(H,14,16)(H,15,17). The minimum atomic E-state index is -0.255. The van der Waals surface area contributed by atoms with Crippen molar-refractivity contribution in [3.8, 4) is 0 Å². The molecule has 0 aliphatic rings. The summed E-state index contributed by atoms with van der Waals surface area (Å²) in [6.07, 6.45) is 1.47. The van der Waals surface area contributed by atoms with Crippen LogP contribution < -0.4 is 5.32 Å². The highest BCUT2D eigenvalue weighted by Crippen LogP contribution is 2.23. The second-order valence-corrected chi connectivity index (χ2v) is 4.39. The highest BCUT2D eigenvalue weighted by Gasteiger charge is 2.11. The minimum absolute atomic E-state index is 0.255. The van der Waals surface area contributed by atoms with Gasteiger partial charge in [-0.25, -0.2) is 0 Å². The molecule has 2 aromatic rings. The summed E-state index contributed by atoms with van der Waals surface area (Å²) in [5.41, 5.74) is 1.74. The van der Waals surface area contributed by atoms with Gasteiger partial charge in [-0.05, 0) is 25.1 Å². The van der Waals surface area contributed by atoms with E-state index >= 15 is 0 Å². The quantitative estimate of drug-likeness (QED) is 0.879. The summed E-state index contributed by atoms with van der Waals surface area (Å²) in [7, 11) is 0. The third-order valence-corrected chi connectivity index (χ3v) is 2.63. The van der Waals surface area contributed by atoms with Crippen LogP contribution in [0.3, 0.4) is 0 Å². The van der Waals surface area contributed by atoms with E-state index in [1.165, 1.54) is 6.20 Å². The predicted molar refractivity (Wildman–Crippen MR) is 67.7 cm³/mol. The van der Waals surface area contributed by atoms with E-state index in [2.05, 4.69) is 15.5 Å². The van der Waals surface area contributed by atoms with E-state index in [0.717, 1.165) is 0 Å². The highest BCUT2D eigenvalue weighted by molar-refractivity contribution is 6.35. The van der Waals surface area contributed by atoms with E-state index in [4.69, 9.17) is 23.2 Å². The summed E-state index contributed by atoms with van der Waals surface area (Å²) in [6.45, 7) is 1.77. The summed E-state index contributed by atoms with van der Waals surface area (Å²) in [4.78, 5) is 11.9. The molecule has 1 aromatic carbocycles. The van der Waals surface area contributed by atoms with Crippen molar-refractivity contribution >= 4 is 34.8 Å². The van der Waals surface area contributed by atoms with Gasteiger partial charge in [0, 0.05) is 21.4 Å². The number of benzene rings is 1. The zero-order chi connectivity index (χ0) is 12.4. The maximum absolute atomic E-state index is 11.9. The van der Waals surface area contributed by atoms with Crippen molar-refractivity contribution in [3.63, 3.8) is 0 Å². The first-order chi connectivity index (χ1) is 8.06. The Labute approximate surface area is 108 Å². The number of aryl methyl sites for hydroxylation is 1. The number of carbonyl (C=O) groups is 1. The Balaban J connectivity index is 2.21. The molecule has 4 nitrogen and oxygen atoms in total. The van der Waals surface area contributed by atoms with Crippen molar-refractivity contribution < 1.29 is 4.79 Å². The molecule has 0 saturated heterocycles. The van der Waals surface area contributed by atoms with E-state index < -0.39 is 0 Å². The number of hydrogen-bond acceptors (Lipinski definition) is 2. The van der Waals surface area contributed by atoms with Crippen molar-refractivity contribution in [2.24, 2.45) is 0 Å². The molecular formula is C11H9Cl2N3O. The van der Waals surface area contributed by atoms with Crippen LogP contribution in [0.1, 0.15) is 16.1 Å². The number of hydrogen-bond donors (Lipinski definition) is 2. The Morgan fingerprint density at radius 2 is 1.94 bits per heavy atom. The monoisotopic (exact) mass is 269 g/mol. The lowest BCUT2D eigenvalue weighted by Crippen LogP contribution is -2.12. The maximum atomic E-state index is 11.9. The Bertz CT molecular complexity index is 545. The molecule has 1 heterocycles. The van der Waals surface area contributed by atoms with Crippen molar-refractivity contribution in [1.29, 1.82) is 0 Å². The van der Waals surface area contributed by atoms with Crippen LogP contribution in [0.25, 0.3) is 0 Å². The molecule has 1 aromatic heterocycles. The molecule has 0 spiro atoms. The molecule has 2 rings (SSSR count). The van der Waals surface area contributed by atoms with Gasteiger partial charge >= 0.3 is 0 Å². The summed E-state index contributed by atoms with van der Waals surface area (Å²) in [5.74, 6) is -0.255. The first-order valence-electron chi connectivity index (χ1n) is 4.83. The first kappa shape index (κ1) is 12.0. The van der Waals surface area contributed by atoms with Gasteiger partial charge in [-0.3, -0.25) is 9.89 Å². The lowest BCUT2D eigenvalue weighted by atomic mass is 10.2. The van der Waals surface area contributed by atoms with E-state index in [1.807, 2.05) is 0 Å². The molecule has 0 atom stereocenters. The lowest BCUT2D eigenvalue weighted by Gasteiger charge is -2.05. The fourth-order valence-electron chi connectivity index (χ4n) is 1.40. The van der Waals surface area contributed by atoms with Crippen LogP contribution in [0.2, 0.25) is 10.0 Å². The third kappa shape index (κ3) is 2.78. The van der Waals surface area contributed by atoms with E-state index in [-0.39, 0.29) is 5.91 Å². The molecule has 88 valence electrons. The van der Waals surface area contributed by atoms with E-state index in [0.29, 0.717) is 27.0 Å². The topological polar surface area (TPSA) is 57.8 Å². The molecule has 0 aliphatic heterocycles. The van der Waals surface area contributed by atoms with E-state index in [1.54, 1.807) is 25.1 Å². The number of aromatic amines is 1. The SMILES string of the molecule is Cc1[nH]ncc1C(=O)Nc1cc(Cl)cc(Cl)c1. The number of nitrogens with one attached hydrogen (secondary N) is 2. The largest absolute Gasteiger partial charge is 0.322 e. The van der Waals surface area contributed by atoms with Gasteiger partial charge in [0.1, 0.15) is 0 Å². The van der Waals surface area contributed by atoms with Crippen LogP contribution in [0, 0.1) is 6.92 Å². The maximum Gasteiger partial charge on any atom is 0.259 e. The summed E-state index contributed by atoms with van der Waals surface area (Å²) in [6, 6.07) is 4.85. The Hall–Kier alpha value is -1.52. The lowest BCUT2D eigenvalue weighted by molar-refractivity contribution is 0.102. The van der Waals surface area contributed by atoms with Crippen LogP contribution in [0.5, 0.6) is 0 Å². The molecule has 0 aliphatic carbocycles. The minimum Gasteiger partial charge on any atom is -0.322 e. The average molecular weight is 270 g/mol. The Morgan fingerprint density at radius 3 is 2.47 bits per heavy atom. The van der Waals surface area contributed by atoms with Gasteiger partial charge in [-0.2, -0.15) is 5.10 Å². The normalized spacial score (nSPS) is 10.3. The van der Waals surface area contributed by atoms with Crippen LogP contribution in [-0.2, 0) is 0 Å². The number of carbonyl (C=O) groups excluding carboxylic acids is 1. The number of halogens is 2. The second kappa shape index (κ2) is 4.77. The summed E-state index contributed by atoms with van der Waals surface area (Å²) in [5, 5.41) is 10.1. The van der Waals surface area contributed by atoms with Crippen LogP contribution in [-0.4, -0.2) is 16.1 Å². The zero-order valence-electron chi connectivity index (χ0n) is 8.92. The molecular weight excluding hydrogens is 261 g/mol. The molecule has 6 heteroatoms. The molecule has 0 saturated carbocycles. The van der Waals surface area contributed by atoms with Crippen LogP contribution in [0.15, 0.2) is 24.4 Å². The Morgan fingerprint density at radius 1 is 1.29 bits per heavy atom. The summed E-state index contributed by atoms with van der Waals surface area (Å²) >= 11 is 11.7. The van der Waals surface area contributed by atoms with Crippen molar-refractivity contribution in [2.75, 3.05) is 5.32 Å². The van der Waals surface area contributed by atoms with Crippen LogP contribution in [0.4, 0.5) is 5.69 Å². The molecule has 17 heavy (non-hydrogen) atoms. The van der Waals surface area contributed by atoms with Gasteiger partial charge < -0.3 is 5.32 Å². The molecule has 0 unspecified atom stereocenters. The number of amides is 1. The van der Waals surface area contributed by atoms with Gasteiger partial charge in [0.05, 0.1) is 11.8 Å². The van der Waals surface area contributed by atoms with Crippen molar-refractivity contribution in [2.45, 2.75) is 6.92 Å². The van der Waals surface area contributed by atoms with Gasteiger partial charge in [0.15, 0.2) is 0 Å². The average Bonchev–Trinajstić information content (AvgIpc) is 2.62. The number of rotatable bonds is 2. The number of anilines is 1. The fraction of sp³-hybridized carbons (Fsp3) is 0.0909. The number of nitrogens with zero attached hydrogens (tertiary/aromatic N) is 1. The van der Waals surface area contributed by atoms with Gasteiger partial charge in [0.2, 0.25) is 0 Å². The van der Waals surface area contributed by atoms with Crippen molar-refractivity contribution in [1.82, 2.24) is 10.2 Å². The summed E-state index contributed by atoms with van der Waals surface area (Å²) < 4.78 is 0. The number of aromatic nitrogens is 2. The second-order valence-electron chi connectivity index (χ2n) is 3.52. The molecule has 0 bridgehead atoms. The fourth-order valence-corrected chi connectivity index (χ4v) is 1.93. The Kier molecular flexibility index (Phi) is 3.36. The van der Waals surface area contributed by atoms with Gasteiger partial charge in [-0.1, -0.05) is 23.2 Å². The predicted octanol–water partition coefficient (Wildman–Crippen LogP) is 3.28. The molecule has 1 amide bonds. The molecule has 0 fully saturated rings. The van der Waals surface area contributed by atoms with Gasteiger partial charge in [-0.15, -0.1) is 0 Å². The van der Waals surface area contributed by atoms with E-state index in [9.17, 15) is 4.79 Å². The zero-order valence-corrected chi connectivity index (χ0v) is 10.4. The van der Waals surface area contributed by atoms with Gasteiger partial charge in [0.25, 0.3) is 5.91 Å². The van der Waals surface area contributed by atoms with Crippen molar-refractivity contribution in [3.05, 3.63) is 45.7 Å². The highest BCUT2D eigenvalue weighted by atomic mass is 35.5. The molecule has 2 N–H and O–H groups in total. The first-order valence-corrected chi connectivity index (χ1v) is 5.59. The van der Waals surface area contributed by atoms with Crippen LogP contribution >= 0.6 is 23.2 Å². The third-order valence-electron chi connectivity index (χ3n) is 2.19.